The zero-order valence-electron chi connectivity index (χ0n) is 29.9. The van der Waals surface area contributed by atoms with Crippen LogP contribution in [0.25, 0.3) is 0 Å². The van der Waals surface area contributed by atoms with Crippen LogP contribution < -0.4 is 8.88 Å². The molecule has 6 heteroatoms. The highest BCUT2D eigenvalue weighted by Crippen LogP contribution is 2.84. The number of hydrogen-bond acceptors (Lipinski definition) is 2. The van der Waals surface area contributed by atoms with Gasteiger partial charge in [0.25, 0.3) is 0 Å². The van der Waals surface area contributed by atoms with Crippen molar-refractivity contribution in [3.8, 4) is 0 Å². The van der Waals surface area contributed by atoms with Crippen LogP contribution in [0.4, 0.5) is 11.4 Å². The number of anilines is 2. The van der Waals surface area contributed by atoms with E-state index in [4.69, 9.17) is 22.5 Å². The standard InChI is InChI=1S/C36H58Cl2N2P2/c1-31(2,3)23-19-25(33(7,8)9)29(26(20-23)34(10,11)12)39-41(37)40(42(39)38)30-27(35(13,14)15)21-24(32(4,5)6)22-28(30)36(16,17)18/h19-22H,1-18H3. The Morgan fingerprint density at radius 1 is 0.381 bits per heavy atom. The number of rotatable bonds is 2. The van der Waals surface area contributed by atoms with E-state index in [9.17, 15) is 0 Å². The predicted octanol–water partition coefficient (Wildman–Crippen LogP) is 13.7. The summed E-state index contributed by atoms with van der Waals surface area (Å²) in [7, 11) is -2.46. The summed E-state index contributed by atoms with van der Waals surface area (Å²) < 4.78 is 4.77. The maximum atomic E-state index is 7.64. The first-order valence-corrected chi connectivity index (χ1v) is 19.7. The van der Waals surface area contributed by atoms with Gasteiger partial charge in [-0.3, -0.25) is 8.88 Å². The molecule has 0 bridgehead atoms. The van der Waals surface area contributed by atoms with Crippen molar-refractivity contribution in [1.29, 1.82) is 0 Å². The predicted molar refractivity (Wildman–Crippen MR) is 196 cm³/mol. The number of nitrogens with zero attached hydrogens (tertiary/aromatic N) is 2. The molecule has 0 unspecified atom stereocenters. The van der Waals surface area contributed by atoms with Gasteiger partial charge in [-0.2, -0.15) is 0 Å². The van der Waals surface area contributed by atoms with Gasteiger partial charge in [0, 0.05) is 0 Å². The lowest BCUT2D eigenvalue weighted by molar-refractivity contribution is 0.550. The van der Waals surface area contributed by atoms with Gasteiger partial charge in [0.15, 0.2) is 0 Å². The van der Waals surface area contributed by atoms with E-state index in [-0.39, 0.29) is 32.5 Å². The Morgan fingerprint density at radius 3 is 0.714 bits per heavy atom. The molecule has 0 saturated carbocycles. The molecule has 0 N–H and O–H groups in total. The number of hydrogen-bond donors (Lipinski definition) is 0. The SMILES string of the molecule is CC(C)(C)c1cc(C(C)(C)C)c(N2P(Cl)N(c3c(C(C)(C)C)cc(C(C)(C)C)cc3C(C)(C)C)P2Cl)c(C(C)(C)C)c1. The van der Waals surface area contributed by atoms with Crippen LogP contribution in [0.3, 0.4) is 0 Å². The Morgan fingerprint density at radius 2 is 0.571 bits per heavy atom. The summed E-state index contributed by atoms with van der Waals surface area (Å²) in [5, 5.41) is 0. The van der Waals surface area contributed by atoms with E-state index in [1.807, 2.05) is 0 Å². The Balaban J connectivity index is 2.37. The Hall–Kier alpha value is -0.520. The van der Waals surface area contributed by atoms with Gasteiger partial charge in [-0.05, 0) is 88.4 Å². The van der Waals surface area contributed by atoms with E-state index in [1.165, 1.54) is 44.8 Å². The second kappa shape index (κ2) is 11.1. The summed E-state index contributed by atoms with van der Waals surface area (Å²) in [6.07, 6.45) is 0. The van der Waals surface area contributed by atoms with E-state index in [0.29, 0.717) is 0 Å². The largest absolute Gasteiger partial charge is 0.268 e. The van der Waals surface area contributed by atoms with Gasteiger partial charge in [-0.15, -0.1) is 0 Å². The lowest BCUT2D eigenvalue weighted by atomic mass is 9.74. The quantitative estimate of drug-likeness (QED) is 0.298. The summed E-state index contributed by atoms with van der Waals surface area (Å²) in [5.41, 5.74) is 10.3. The highest BCUT2D eigenvalue weighted by molar-refractivity contribution is 8.15. The van der Waals surface area contributed by atoms with E-state index >= 15 is 0 Å². The smallest absolute Gasteiger partial charge is 0.209 e. The van der Waals surface area contributed by atoms with Crippen molar-refractivity contribution < 1.29 is 0 Å². The van der Waals surface area contributed by atoms with E-state index in [1.54, 1.807) is 0 Å². The molecule has 3 rings (SSSR count). The van der Waals surface area contributed by atoms with Crippen molar-refractivity contribution in [3.63, 3.8) is 0 Å². The summed E-state index contributed by atoms with van der Waals surface area (Å²) in [6.45, 7) is 41.6. The molecule has 1 fully saturated rings. The Bertz CT molecular complexity index is 1140. The van der Waals surface area contributed by atoms with Gasteiger partial charge >= 0.3 is 0 Å². The maximum absolute atomic E-state index is 7.64. The first kappa shape index (κ1) is 36.0. The molecule has 42 heavy (non-hydrogen) atoms. The van der Waals surface area contributed by atoms with Gasteiger partial charge in [0.05, 0.1) is 11.4 Å². The molecule has 2 aromatic carbocycles. The highest BCUT2D eigenvalue weighted by atomic mass is 35.7. The van der Waals surface area contributed by atoms with Crippen molar-refractivity contribution in [2.75, 3.05) is 8.88 Å². The third kappa shape index (κ3) is 6.99. The van der Waals surface area contributed by atoms with Crippen LogP contribution in [0.2, 0.25) is 0 Å². The van der Waals surface area contributed by atoms with Crippen molar-refractivity contribution >= 4 is 49.0 Å². The van der Waals surface area contributed by atoms with E-state index in [2.05, 4.69) is 158 Å². The van der Waals surface area contributed by atoms with Gasteiger partial charge in [0.1, 0.15) is 0 Å². The van der Waals surface area contributed by atoms with Gasteiger partial charge in [-0.1, -0.05) is 149 Å². The van der Waals surface area contributed by atoms with Crippen LogP contribution in [0, 0.1) is 0 Å². The topological polar surface area (TPSA) is 6.48 Å². The molecule has 1 heterocycles. The van der Waals surface area contributed by atoms with Gasteiger partial charge in [0.2, 0.25) is 15.2 Å². The molecule has 0 aliphatic carbocycles. The molecule has 1 aliphatic heterocycles. The average molecular weight is 652 g/mol. The lowest BCUT2D eigenvalue weighted by Crippen LogP contribution is -2.38. The molecule has 2 aromatic rings. The third-order valence-corrected chi connectivity index (χ3v) is 15.4. The van der Waals surface area contributed by atoms with Crippen LogP contribution in [0.5, 0.6) is 0 Å². The van der Waals surface area contributed by atoms with Crippen molar-refractivity contribution in [2.45, 2.75) is 157 Å². The van der Waals surface area contributed by atoms with Crippen molar-refractivity contribution in [1.82, 2.24) is 0 Å². The third-order valence-electron chi connectivity index (χ3n) is 8.21. The summed E-state index contributed by atoms with van der Waals surface area (Å²) in [6, 6.07) is 9.69. The number of benzene rings is 2. The maximum Gasteiger partial charge on any atom is 0.209 e. The molecular weight excluding hydrogens is 593 g/mol. The van der Waals surface area contributed by atoms with Crippen LogP contribution in [-0.4, -0.2) is 0 Å². The minimum absolute atomic E-state index is 0.0366. The van der Waals surface area contributed by atoms with Crippen LogP contribution in [-0.2, 0) is 32.5 Å². The lowest BCUT2D eigenvalue weighted by Gasteiger charge is -2.55. The van der Waals surface area contributed by atoms with Crippen LogP contribution in [0.15, 0.2) is 24.3 Å². The molecule has 0 atom stereocenters. The molecule has 0 spiro atoms. The molecule has 2 nitrogen and oxygen atoms in total. The summed E-state index contributed by atoms with van der Waals surface area (Å²) in [5.74, 6) is 0. The number of halogens is 2. The van der Waals surface area contributed by atoms with E-state index < -0.39 is 15.2 Å². The van der Waals surface area contributed by atoms with Gasteiger partial charge < -0.3 is 0 Å². The first-order chi connectivity index (χ1) is 18.5. The molecule has 0 amide bonds. The Labute approximate surface area is 271 Å². The van der Waals surface area contributed by atoms with Crippen molar-refractivity contribution in [2.24, 2.45) is 0 Å². The molecular formula is C36H58Cl2N2P2. The minimum atomic E-state index is -1.23. The highest BCUT2D eigenvalue weighted by Gasteiger charge is 2.52. The normalized spacial score (nSPS) is 19.3. The van der Waals surface area contributed by atoms with Crippen LogP contribution in [0.1, 0.15) is 158 Å². The van der Waals surface area contributed by atoms with Crippen molar-refractivity contribution in [3.05, 3.63) is 57.6 Å². The minimum Gasteiger partial charge on any atom is -0.268 e. The Kier molecular flexibility index (Phi) is 9.48. The molecule has 236 valence electrons. The fourth-order valence-corrected chi connectivity index (χ4v) is 12.5. The van der Waals surface area contributed by atoms with E-state index in [0.717, 1.165) is 0 Å². The second-order valence-electron chi connectivity index (χ2n) is 18.4. The fraction of sp³-hybridized carbons (Fsp3) is 0.667. The zero-order chi connectivity index (χ0) is 32.8. The fourth-order valence-electron chi connectivity index (χ4n) is 5.43. The monoisotopic (exact) mass is 650 g/mol. The summed E-state index contributed by atoms with van der Waals surface area (Å²) in [4.78, 5) is 0. The second-order valence-corrected chi connectivity index (χ2v) is 23.4. The average Bonchev–Trinajstić information content (AvgIpc) is 2.74. The van der Waals surface area contributed by atoms with Gasteiger partial charge in [-0.25, -0.2) is 0 Å². The zero-order valence-corrected chi connectivity index (χ0v) is 33.2. The van der Waals surface area contributed by atoms with Crippen LogP contribution >= 0.6 is 37.6 Å². The molecule has 0 aromatic heterocycles. The molecule has 1 saturated heterocycles. The summed E-state index contributed by atoms with van der Waals surface area (Å²) >= 11 is 15.3. The molecule has 0 radical (unpaired) electrons. The molecule has 1 aliphatic rings. The first-order valence-electron chi connectivity index (χ1n) is 15.4.